The summed E-state index contributed by atoms with van der Waals surface area (Å²) in [6.07, 6.45) is 1.85. The average Bonchev–Trinajstić information content (AvgIpc) is 2.68. The Morgan fingerprint density at radius 1 is 0.962 bits per heavy atom. The van der Waals surface area contributed by atoms with Gasteiger partial charge in [0.05, 0.1) is 13.2 Å². The predicted molar refractivity (Wildman–Crippen MR) is 106 cm³/mol. The van der Waals surface area contributed by atoms with Gasteiger partial charge in [0.25, 0.3) is 0 Å². The third-order valence-corrected chi connectivity index (χ3v) is 4.65. The number of rotatable bonds is 7. The van der Waals surface area contributed by atoms with E-state index in [1.54, 1.807) is 0 Å². The minimum Gasteiger partial charge on any atom is -0.372 e. The molecular weight excluding hydrogens is 348 g/mol. The molecule has 0 atom stereocenters. The lowest BCUT2D eigenvalue weighted by atomic mass is 9.97. The number of benzene rings is 2. The molecule has 5 heteroatoms. The molecule has 0 unspecified atom stereocenters. The highest BCUT2D eigenvalue weighted by atomic mass is 35.5. The summed E-state index contributed by atoms with van der Waals surface area (Å²) in [5, 5.41) is 6.39. The van der Waals surface area contributed by atoms with Crippen molar-refractivity contribution in [2.24, 2.45) is 5.92 Å². The van der Waals surface area contributed by atoms with Crippen LogP contribution < -0.4 is 10.6 Å². The van der Waals surface area contributed by atoms with Crippen LogP contribution in [0.3, 0.4) is 0 Å². The minimum absolute atomic E-state index is 0. The van der Waals surface area contributed by atoms with Gasteiger partial charge in [-0.1, -0.05) is 54.6 Å². The largest absolute Gasteiger partial charge is 0.372 e. The molecule has 1 fully saturated rings. The number of halogens is 1. The van der Waals surface area contributed by atoms with Crippen molar-refractivity contribution < 1.29 is 9.53 Å². The van der Waals surface area contributed by atoms with Crippen LogP contribution in [0.15, 0.2) is 54.6 Å². The van der Waals surface area contributed by atoms with E-state index in [1.807, 2.05) is 30.3 Å². The smallest absolute Gasteiger partial charge is 0.223 e. The number of piperidine rings is 1. The first kappa shape index (κ1) is 20.4. The fourth-order valence-corrected chi connectivity index (χ4v) is 3.13. The molecule has 3 rings (SSSR count). The standard InChI is InChI=1S/C21H26N2O2.ClH/c24-21(18-10-12-22-13-11-18)23-14-19-8-4-5-9-20(19)16-25-15-17-6-2-1-3-7-17;/h1-9,18,22H,10-16H2,(H,23,24);1H. The summed E-state index contributed by atoms with van der Waals surface area (Å²) in [6, 6.07) is 18.3. The second-order valence-electron chi connectivity index (χ2n) is 6.49. The van der Waals surface area contributed by atoms with Crippen LogP contribution in [-0.4, -0.2) is 19.0 Å². The van der Waals surface area contributed by atoms with E-state index in [4.69, 9.17) is 4.74 Å². The van der Waals surface area contributed by atoms with Crippen molar-refractivity contribution in [1.29, 1.82) is 0 Å². The monoisotopic (exact) mass is 374 g/mol. The lowest BCUT2D eigenvalue weighted by Crippen LogP contribution is -2.38. The summed E-state index contributed by atoms with van der Waals surface area (Å²) >= 11 is 0. The molecule has 4 nitrogen and oxygen atoms in total. The van der Waals surface area contributed by atoms with Gasteiger partial charge < -0.3 is 15.4 Å². The molecule has 1 saturated heterocycles. The van der Waals surface area contributed by atoms with Gasteiger partial charge in [-0.2, -0.15) is 0 Å². The topological polar surface area (TPSA) is 50.4 Å². The molecule has 1 aliphatic rings. The number of hydrogen-bond donors (Lipinski definition) is 2. The Balaban J connectivity index is 0.00000243. The Morgan fingerprint density at radius 3 is 2.35 bits per heavy atom. The number of carbonyl (C=O) groups is 1. The number of nitrogens with one attached hydrogen (secondary N) is 2. The van der Waals surface area contributed by atoms with E-state index in [-0.39, 0.29) is 24.2 Å². The van der Waals surface area contributed by atoms with Gasteiger partial charge in [-0.3, -0.25) is 4.79 Å². The van der Waals surface area contributed by atoms with Crippen LogP contribution in [-0.2, 0) is 29.3 Å². The Bertz CT molecular complexity index is 673. The van der Waals surface area contributed by atoms with Crippen LogP contribution in [0.25, 0.3) is 0 Å². The van der Waals surface area contributed by atoms with Gasteiger partial charge in [-0.05, 0) is 42.6 Å². The van der Waals surface area contributed by atoms with Crippen LogP contribution >= 0.6 is 12.4 Å². The maximum Gasteiger partial charge on any atom is 0.223 e. The summed E-state index contributed by atoms with van der Waals surface area (Å²) in [4.78, 5) is 12.3. The molecule has 1 heterocycles. The lowest BCUT2D eigenvalue weighted by molar-refractivity contribution is -0.125. The summed E-state index contributed by atoms with van der Waals surface area (Å²) in [5.41, 5.74) is 3.42. The number of ether oxygens (including phenoxy) is 1. The first-order valence-electron chi connectivity index (χ1n) is 9.00. The molecule has 140 valence electrons. The molecule has 1 amide bonds. The van der Waals surface area contributed by atoms with Gasteiger partial charge in [0.2, 0.25) is 5.91 Å². The van der Waals surface area contributed by atoms with E-state index in [0.29, 0.717) is 19.8 Å². The minimum atomic E-state index is 0. The lowest BCUT2D eigenvalue weighted by Gasteiger charge is -2.22. The molecule has 0 aromatic heterocycles. The molecule has 0 radical (unpaired) electrons. The van der Waals surface area contributed by atoms with Gasteiger partial charge >= 0.3 is 0 Å². The third kappa shape index (κ3) is 6.13. The first-order chi connectivity index (χ1) is 12.3. The molecule has 0 aliphatic carbocycles. The van der Waals surface area contributed by atoms with Crippen LogP contribution in [0, 0.1) is 5.92 Å². The zero-order valence-electron chi connectivity index (χ0n) is 14.9. The SMILES string of the molecule is Cl.O=C(NCc1ccccc1COCc1ccccc1)C1CCNCC1. The van der Waals surface area contributed by atoms with Gasteiger partial charge in [0.15, 0.2) is 0 Å². The second-order valence-corrected chi connectivity index (χ2v) is 6.49. The van der Waals surface area contributed by atoms with Crippen LogP contribution in [0.1, 0.15) is 29.5 Å². The van der Waals surface area contributed by atoms with Crippen molar-refractivity contribution in [2.45, 2.75) is 32.6 Å². The molecule has 2 aromatic carbocycles. The molecule has 2 aromatic rings. The van der Waals surface area contributed by atoms with Gasteiger partial charge in [0, 0.05) is 12.5 Å². The summed E-state index contributed by atoms with van der Waals surface area (Å²) in [5.74, 6) is 0.309. The van der Waals surface area contributed by atoms with Crippen molar-refractivity contribution in [1.82, 2.24) is 10.6 Å². The molecule has 0 bridgehead atoms. The Labute approximate surface area is 161 Å². The van der Waals surface area contributed by atoms with E-state index in [1.165, 1.54) is 5.56 Å². The van der Waals surface area contributed by atoms with E-state index >= 15 is 0 Å². The van der Waals surface area contributed by atoms with Crippen molar-refractivity contribution in [3.8, 4) is 0 Å². The fraction of sp³-hybridized carbons (Fsp3) is 0.381. The highest BCUT2D eigenvalue weighted by molar-refractivity contribution is 5.85. The van der Waals surface area contributed by atoms with Crippen molar-refractivity contribution in [3.63, 3.8) is 0 Å². The maximum absolute atomic E-state index is 12.3. The van der Waals surface area contributed by atoms with Gasteiger partial charge in [-0.25, -0.2) is 0 Å². The summed E-state index contributed by atoms with van der Waals surface area (Å²) in [6.45, 7) is 3.57. The summed E-state index contributed by atoms with van der Waals surface area (Å²) < 4.78 is 5.85. The Kier molecular flexibility index (Phi) is 8.62. The molecule has 2 N–H and O–H groups in total. The zero-order chi connectivity index (χ0) is 17.3. The number of amides is 1. The number of hydrogen-bond acceptors (Lipinski definition) is 3. The van der Waals surface area contributed by atoms with E-state index in [2.05, 4.69) is 34.9 Å². The maximum atomic E-state index is 12.3. The number of carbonyl (C=O) groups excluding carboxylic acids is 1. The fourth-order valence-electron chi connectivity index (χ4n) is 3.13. The zero-order valence-corrected chi connectivity index (χ0v) is 15.8. The van der Waals surface area contributed by atoms with Crippen molar-refractivity contribution in [2.75, 3.05) is 13.1 Å². The summed E-state index contributed by atoms with van der Waals surface area (Å²) in [7, 11) is 0. The molecular formula is C21H27ClN2O2. The predicted octanol–water partition coefficient (Wildman–Crippen LogP) is 3.44. The third-order valence-electron chi connectivity index (χ3n) is 4.65. The highest BCUT2D eigenvalue weighted by Gasteiger charge is 2.20. The van der Waals surface area contributed by atoms with E-state index in [0.717, 1.165) is 37.1 Å². The van der Waals surface area contributed by atoms with Crippen LogP contribution in [0.4, 0.5) is 0 Å². The molecule has 1 aliphatic heterocycles. The molecule has 0 saturated carbocycles. The molecule has 0 spiro atoms. The molecule has 26 heavy (non-hydrogen) atoms. The quantitative estimate of drug-likeness (QED) is 0.780. The Hall–Kier alpha value is -1.88. The van der Waals surface area contributed by atoms with Crippen molar-refractivity contribution in [3.05, 3.63) is 71.3 Å². The van der Waals surface area contributed by atoms with E-state index in [9.17, 15) is 4.79 Å². The average molecular weight is 375 g/mol. The highest BCUT2D eigenvalue weighted by Crippen LogP contribution is 2.14. The van der Waals surface area contributed by atoms with E-state index < -0.39 is 0 Å². The van der Waals surface area contributed by atoms with Crippen molar-refractivity contribution >= 4 is 18.3 Å². The van der Waals surface area contributed by atoms with Gasteiger partial charge in [0.1, 0.15) is 0 Å². The Morgan fingerprint density at radius 2 is 1.62 bits per heavy atom. The normalized spacial score (nSPS) is 14.5. The first-order valence-corrected chi connectivity index (χ1v) is 9.00. The second kappa shape index (κ2) is 11.0. The van der Waals surface area contributed by atoms with Crippen LogP contribution in [0.5, 0.6) is 0 Å². The van der Waals surface area contributed by atoms with Crippen LogP contribution in [0.2, 0.25) is 0 Å². The van der Waals surface area contributed by atoms with Gasteiger partial charge in [-0.15, -0.1) is 12.4 Å².